The first-order valence-corrected chi connectivity index (χ1v) is 10.2. The number of aliphatic hydroxyl groups excluding tert-OH is 1. The van der Waals surface area contributed by atoms with E-state index in [1.54, 1.807) is 0 Å². The van der Waals surface area contributed by atoms with Gasteiger partial charge >= 0.3 is 0 Å². The van der Waals surface area contributed by atoms with Crippen molar-refractivity contribution in [2.75, 3.05) is 27.2 Å². The highest BCUT2D eigenvalue weighted by Crippen LogP contribution is 2.38. The molecule has 2 heterocycles. The molecular formula is C22H31N3O2. The molecule has 2 N–H and O–H groups in total. The third-order valence-corrected chi connectivity index (χ3v) is 6.64. The summed E-state index contributed by atoms with van der Waals surface area (Å²) in [6.07, 6.45) is 6.05. The van der Waals surface area contributed by atoms with E-state index in [1.165, 1.54) is 10.9 Å². The number of likely N-dealkylation sites (N-methyl/N-ethyl adjacent to an activating group) is 1. The number of carbonyl (C=O) groups excluding carboxylic acids is 1. The topological polar surface area (TPSA) is 59.6 Å². The normalized spacial score (nSPS) is 28.1. The number of hydrogen-bond donors (Lipinski definition) is 2. The van der Waals surface area contributed by atoms with E-state index in [0.717, 1.165) is 44.3 Å². The Hall–Kier alpha value is -1.85. The molecule has 1 aromatic heterocycles. The molecule has 0 bridgehead atoms. The fourth-order valence-electron chi connectivity index (χ4n) is 5.09. The Labute approximate surface area is 161 Å². The number of likely N-dealkylation sites (tertiary alicyclic amines) is 1. The van der Waals surface area contributed by atoms with Crippen LogP contribution in [0.25, 0.3) is 10.9 Å². The average molecular weight is 370 g/mol. The van der Waals surface area contributed by atoms with Crippen LogP contribution in [-0.2, 0) is 11.2 Å². The second-order valence-corrected chi connectivity index (χ2v) is 8.60. The van der Waals surface area contributed by atoms with Gasteiger partial charge in [-0.25, -0.2) is 0 Å². The van der Waals surface area contributed by atoms with Crippen molar-refractivity contribution < 1.29 is 9.90 Å². The lowest BCUT2D eigenvalue weighted by Gasteiger charge is -2.38. The summed E-state index contributed by atoms with van der Waals surface area (Å²) in [5.41, 5.74) is 2.46. The van der Waals surface area contributed by atoms with Crippen molar-refractivity contribution in [2.45, 2.75) is 44.2 Å². The third-order valence-electron chi connectivity index (χ3n) is 6.64. The molecular weight excluding hydrogens is 338 g/mol. The van der Waals surface area contributed by atoms with Crippen molar-refractivity contribution in [2.24, 2.45) is 11.8 Å². The van der Waals surface area contributed by atoms with Gasteiger partial charge in [0.25, 0.3) is 0 Å². The number of benzene rings is 1. The molecule has 5 nitrogen and oxygen atoms in total. The Morgan fingerprint density at radius 1 is 1.22 bits per heavy atom. The maximum atomic E-state index is 12.7. The number of rotatable bonds is 5. The van der Waals surface area contributed by atoms with Gasteiger partial charge in [0.15, 0.2) is 0 Å². The molecule has 2 fully saturated rings. The molecule has 4 atom stereocenters. The number of amides is 1. The zero-order chi connectivity index (χ0) is 19.0. The van der Waals surface area contributed by atoms with Crippen LogP contribution in [0, 0.1) is 11.8 Å². The minimum Gasteiger partial charge on any atom is -0.391 e. The van der Waals surface area contributed by atoms with Crippen LogP contribution in [0.15, 0.2) is 30.5 Å². The molecule has 5 heteroatoms. The van der Waals surface area contributed by atoms with Crippen LogP contribution in [0.2, 0.25) is 0 Å². The van der Waals surface area contributed by atoms with Crippen LogP contribution < -0.4 is 0 Å². The highest BCUT2D eigenvalue weighted by molar-refractivity contribution is 5.83. The number of aromatic nitrogens is 1. The number of aryl methyl sites for hydroxylation is 1. The summed E-state index contributed by atoms with van der Waals surface area (Å²) in [6.45, 7) is 1.70. The van der Waals surface area contributed by atoms with Gasteiger partial charge in [0.1, 0.15) is 0 Å². The number of para-hydroxylation sites is 1. The zero-order valence-electron chi connectivity index (χ0n) is 16.4. The van der Waals surface area contributed by atoms with E-state index in [4.69, 9.17) is 0 Å². The maximum Gasteiger partial charge on any atom is 0.222 e. The van der Waals surface area contributed by atoms with E-state index in [1.807, 2.05) is 20.2 Å². The van der Waals surface area contributed by atoms with Crippen LogP contribution in [0.4, 0.5) is 0 Å². The SMILES string of the molecule is CN(C)[C@@H]1C[C@@H]2CN(C(=O)CCCc3c[nH]c4ccccc34)C[C@@H]2C[C@H]1O. The molecule has 146 valence electrons. The number of aliphatic hydroxyl groups is 1. The molecule has 0 unspecified atom stereocenters. The second-order valence-electron chi connectivity index (χ2n) is 8.60. The minimum absolute atomic E-state index is 0.225. The fourth-order valence-corrected chi connectivity index (χ4v) is 5.09. The van der Waals surface area contributed by atoms with Crippen LogP contribution in [-0.4, -0.2) is 65.1 Å². The predicted octanol–water partition coefficient (Wildman–Crippen LogP) is 2.65. The first kappa shape index (κ1) is 18.5. The lowest BCUT2D eigenvalue weighted by Crippen LogP contribution is -2.46. The van der Waals surface area contributed by atoms with E-state index < -0.39 is 0 Å². The van der Waals surface area contributed by atoms with Gasteiger partial charge in [0.2, 0.25) is 5.91 Å². The number of hydrogen-bond acceptors (Lipinski definition) is 3. The van der Waals surface area contributed by atoms with E-state index in [0.29, 0.717) is 18.3 Å². The number of H-pyrrole nitrogens is 1. The summed E-state index contributed by atoms with van der Waals surface area (Å²) in [4.78, 5) is 20.2. The summed E-state index contributed by atoms with van der Waals surface area (Å²) < 4.78 is 0. The Balaban J connectivity index is 1.29. The van der Waals surface area contributed by atoms with E-state index in [2.05, 4.69) is 39.2 Å². The highest BCUT2D eigenvalue weighted by Gasteiger charge is 2.43. The lowest BCUT2D eigenvalue weighted by molar-refractivity contribution is -0.130. The first-order chi connectivity index (χ1) is 13.0. The molecule has 0 radical (unpaired) electrons. The number of nitrogens with zero attached hydrogens (tertiary/aromatic N) is 2. The third kappa shape index (κ3) is 3.76. The van der Waals surface area contributed by atoms with E-state index >= 15 is 0 Å². The Kier molecular flexibility index (Phi) is 5.24. The van der Waals surface area contributed by atoms with Crippen molar-refractivity contribution >= 4 is 16.8 Å². The van der Waals surface area contributed by atoms with E-state index in [9.17, 15) is 9.90 Å². The standard InChI is InChI=1S/C22H31N3O2/c1-24(2)20-10-16-13-25(14-17(16)11-21(20)26)22(27)9-5-6-15-12-23-19-8-4-3-7-18(15)19/h3-4,7-8,12,16-17,20-21,23,26H,5-6,9-11,13-14H2,1-2H3/t16-,17+,20-,21-/m1/s1. The number of carbonyl (C=O) groups is 1. The van der Waals surface area contributed by atoms with Crippen molar-refractivity contribution in [1.82, 2.24) is 14.8 Å². The van der Waals surface area contributed by atoms with Crippen molar-refractivity contribution in [3.63, 3.8) is 0 Å². The van der Waals surface area contributed by atoms with Gasteiger partial charge in [0.05, 0.1) is 6.10 Å². The van der Waals surface area contributed by atoms with Gasteiger partial charge in [-0.3, -0.25) is 4.79 Å². The lowest BCUT2D eigenvalue weighted by atomic mass is 9.77. The summed E-state index contributed by atoms with van der Waals surface area (Å²) in [5.74, 6) is 1.28. The summed E-state index contributed by atoms with van der Waals surface area (Å²) in [6, 6.07) is 8.55. The molecule has 1 amide bonds. The molecule has 27 heavy (non-hydrogen) atoms. The Bertz CT molecular complexity index is 800. The first-order valence-electron chi connectivity index (χ1n) is 10.2. The summed E-state index contributed by atoms with van der Waals surface area (Å²) in [7, 11) is 4.08. The summed E-state index contributed by atoms with van der Waals surface area (Å²) >= 11 is 0. The Morgan fingerprint density at radius 2 is 1.96 bits per heavy atom. The van der Waals surface area contributed by atoms with Gasteiger partial charge in [-0.05, 0) is 63.2 Å². The number of fused-ring (bicyclic) bond motifs is 2. The highest BCUT2D eigenvalue weighted by atomic mass is 16.3. The molecule has 0 spiro atoms. The zero-order valence-corrected chi connectivity index (χ0v) is 16.4. The maximum absolute atomic E-state index is 12.7. The Morgan fingerprint density at radius 3 is 2.74 bits per heavy atom. The van der Waals surface area contributed by atoms with Crippen molar-refractivity contribution in [3.05, 3.63) is 36.0 Å². The van der Waals surface area contributed by atoms with E-state index in [-0.39, 0.29) is 18.1 Å². The fraction of sp³-hybridized carbons (Fsp3) is 0.591. The van der Waals surface area contributed by atoms with Gasteiger partial charge in [0, 0.05) is 42.7 Å². The van der Waals surface area contributed by atoms with Crippen LogP contribution in [0.5, 0.6) is 0 Å². The molecule has 4 rings (SSSR count). The van der Waals surface area contributed by atoms with Crippen LogP contribution >= 0.6 is 0 Å². The van der Waals surface area contributed by atoms with Crippen molar-refractivity contribution in [3.8, 4) is 0 Å². The molecule has 1 aliphatic carbocycles. The van der Waals surface area contributed by atoms with Gasteiger partial charge < -0.3 is 19.9 Å². The molecule has 1 aliphatic heterocycles. The molecule has 1 saturated heterocycles. The largest absolute Gasteiger partial charge is 0.391 e. The minimum atomic E-state index is -0.266. The molecule has 1 saturated carbocycles. The molecule has 2 aromatic rings. The number of aromatic amines is 1. The smallest absolute Gasteiger partial charge is 0.222 e. The molecule has 2 aliphatic rings. The average Bonchev–Trinajstić information content (AvgIpc) is 3.24. The summed E-state index contributed by atoms with van der Waals surface area (Å²) in [5, 5.41) is 11.7. The predicted molar refractivity (Wildman–Crippen MR) is 108 cm³/mol. The van der Waals surface area contributed by atoms with Crippen LogP contribution in [0.3, 0.4) is 0 Å². The molecule has 1 aromatic carbocycles. The van der Waals surface area contributed by atoms with Gasteiger partial charge in [-0.1, -0.05) is 18.2 Å². The quantitative estimate of drug-likeness (QED) is 0.852. The monoisotopic (exact) mass is 369 g/mol. The van der Waals surface area contributed by atoms with Gasteiger partial charge in [-0.2, -0.15) is 0 Å². The number of nitrogens with one attached hydrogen (secondary N) is 1. The van der Waals surface area contributed by atoms with Crippen LogP contribution in [0.1, 0.15) is 31.2 Å². The van der Waals surface area contributed by atoms with Gasteiger partial charge in [-0.15, -0.1) is 0 Å². The second kappa shape index (κ2) is 7.64. The van der Waals surface area contributed by atoms with Crippen molar-refractivity contribution in [1.29, 1.82) is 0 Å².